The molecule has 0 saturated heterocycles. The maximum Gasteiger partial charge on any atom is 0.337 e. The van der Waals surface area contributed by atoms with Gasteiger partial charge in [-0.05, 0) is 30.5 Å². The summed E-state index contributed by atoms with van der Waals surface area (Å²) in [5, 5.41) is 9.13. The topological polar surface area (TPSA) is 92.7 Å². The minimum Gasteiger partial charge on any atom is -0.465 e. The summed E-state index contributed by atoms with van der Waals surface area (Å²) >= 11 is 0. The lowest BCUT2D eigenvalue weighted by Crippen LogP contribution is -2.46. The number of benzene rings is 1. The van der Waals surface area contributed by atoms with Gasteiger partial charge in [0, 0.05) is 6.04 Å². The molecule has 20 heavy (non-hydrogen) atoms. The van der Waals surface area contributed by atoms with Crippen molar-refractivity contribution >= 4 is 16.0 Å². The Kier molecular flexibility index (Phi) is 4.42. The van der Waals surface area contributed by atoms with E-state index < -0.39 is 22.1 Å². The molecule has 0 aliphatic heterocycles. The monoisotopic (exact) mass is 299 g/mol. The highest BCUT2D eigenvalue weighted by Crippen LogP contribution is 2.21. The zero-order valence-corrected chi connectivity index (χ0v) is 11.9. The van der Waals surface area contributed by atoms with Gasteiger partial charge in [0.2, 0.25) is 10.0 Å². The molecule has 6 nitrogen and oxygen atoms in total. The molecular weight excluding hydrogens is 282 g/mol. The van der Waals surface area contributed by atoms with Crippen molar-refractivity contribution in [2.45, 2.75) is 30.7 Å². The number of carbonyl (C=O) groups excluding carboxylic acids is 1. The van der Waals surface area contributed by atoms with Gasteiger partial charge in [0.25, 0.3) is 0 Å². The molecule has 2 rings (SSSR count). The lowest BCUT2D eigenvalue weighted by atomic mass is 9.91. The number of aliphatic hydroxyl groups is 1. The van der Waals surface area contributed by atoms with E-state index in [1.54, 1.807) is 12.1 Å². The van der Waals surface area contributed by atoms with Crippen molar-refractivity contribution < 1.29 is 23.1 Å². The van der Waals surface area contributed by atoms with E-state index >= 15 is 0 Å². The zero-order chi connectivity index (χ0) is 14.8. The molecule has 0 radical (unpaired) electrons. The van der Waals surface area contributed by atoms with Crippen molar-refractivity contribution in [1.29, 1.82) is 0 Å². The normalized spacial score (nSPS) is 22.1. The first kappa shape index (κ1) is 15.0. The Morgan fingerprint density at radius 2 is 1.95 bits per heavy atom. The van der Waals surface area contributed by atoms with E-state index in [1.165, 1.54) is 19.2 Å². The molecule has 0 atom stereocenters. The van der Waals surface area contributed by atoms with Crippen LogP contribution in [0, 0.1) is 0 Å². The summed E-state index contributed by atoms with van der Waals surface area (Å²) in [6.07, 6.45) is 0.517. The number of methoxy groups -OCH3 is 1. The first-order valence-electron chi connectivity index (χ1n) is 6.25. The Labute approximate surface area is 117 Å². The molecule has 0 aromatic heterocycles. The van der Waals surface area contributed by atoms with Gasteiger partial charge in [0.15, 0.2) is 0 Å². The first-order chi connectivity index (χ1) is 9.39. The second kappa shape index (κ2) is 5.90. The van der Waals surface area contributed by atoms with Gasteiger partial charge in [-0.3, -0.25) is 0 Å². The Morgan fingerprint density at radius 1 is 1.35 bits per heavy atom. The number of hydrogen-bond donors (Lipinski definition) is 2. The highest BCUT2D eigenvalue weighted by molar-refractivity contribution is 7.88. The van der Waals surface area contributed by atoms with Crippen LogP contribution < -0.4 is 4.72 Å². The molecule has 110 valence electrons. The van der Waals surface area contributed by atoms with E-state index in [4.69, 9.17) is 5.11 Å². The molecule has 0 spiro atoms. The smallest absolute Gasteiger partial charge is 0.337 e. The third-order valence-corrected chi connectivity index (χ3v) is 4.60. The number of aliphatic hydroxyl groups excluding tert-OH is 1. The van der Waals surface area contributed by atoms with E-state index in [-0.39, 0.29) is 11.8 Å². The van der Waals surface area contributed by atoms with E-state index in [0.29, 0.717) is 24.0 Å². The molecule has 1 aromatic carbocycles. The molecule has 0 heterocycles. The number of esters is 1. The SMILES string of the molecule is COC(=O)c1ccc(CS(=O)(=O)NC2CC(O)C2)cc1. The van der Waals surface area contributed by atoms with Gasteiger partial charge in [-0.25, -0.2) is 17.9 Å². The van der Waals surface area contributed by atoms with Crippen molar-refractivity contribution in [3.8, 4) is 0 Å². The summed E-state index contributed by atoms with van der Waals surface area (Å²) < 4.78 is 30.9. The highest BCUT2D eigenvalue weighted by Gasteiger charge is 2.30. The van der Waals surface area contributed by atoms with Crippen LogP contribution in [0.4, 0.5) is 0 Å². The van der Waals surface area contributed by atoms with Crippen LogP contribution in [0.5, 0.6) is 0 Å². The minimum absolute atomic E-state index is 0.152. The summed E-state index contributed by atoms with van der Waals surface area (Å²) in [5.41, 5.74) is 0.966. The lowest BCUT2D eigenvalue weighted by Gasteiger charge is -2.31. The molecule has 1 aromatic rings. The molecular formula is C13H17NO5S. The molecule has 0 unspecified atom stereocenters. The number of ether oxygens (including phenoxy) is 1. The predicted octanol–water partition coefficient (Wildman–Crippen LogP) is 0.416. The Hall–Kier alpha value is -1.44. The van der Waals surface area contributed by atoms with E-state index in [9.17, 15) is 13.2 Å². The van der Waals surface area contributed by atoms with Crippen molar-refractivity contribution in [2.75, 3.05) is 7.11 Å². The summed E-state index contributed by atoms with van der Waals surface area (Å²) in [6, 6.07) is 6.06. The molecule has 1 saturated carbocycles. The second-order valence-corrected chi connectivity index (χ2v) is 6.64. The van der Waals surface area contributed by atoms with E-state index in [0.717, 1.165) is 0 Å². The number of sulfonamides is 1. The van der Waals surface area contributed by atoms with Crippen LogP contribution in [0.25, 0.3) is 0 Å². The molecule has 7 heteroatoms. The fourth-order valence-electron chi connectivity index (χ4n) is 2.05. The van der Waals surface area contributed by atoms with Gasteiger partial charge in [-0.15, -0.1) is 0 Å². The van der Waals surface area contributed by atoms with Gasteiger partial charge in [-0.2, -0.15) is 0 Å². The number of rotatable bonds is 5. The summed E-state index contributed by atoms with van der Waals surface area (Å²) in [4.78, 5) is 11.3. The van der Waals surface area contributed by atoms with Crippen LogP contribution in [0.15, 0.2) is 24.3 Å². The zero-order valence-electron chi connectivity index (χ0n) is 11.1. The lowest BCUT2D eigenvalue weighted by molar-refractivity contribution is 0.0600. The molecule has 1 fully saturated rings. The fourth-order valence-corrected chi connectivity index (χ4v) is 3.47. The van der Waals surface area contributed by atoms with Crippen LogP contribution in [0.2, 0.25) is 0 Å². The van der Waals surface area contributed by atoms with Gasteiger partial charge < -0.3 is 9.84 Å². The van der Waals surface area contributed by atoms with E-state index in [1.807, 2.05) is 0 Å². The van der Waals surface area contributed by atoms with Crippen molar-refractivity contribution in [3.63, 3.8) is 0 Å². The Bertz CT molecular complexity index is 575. The van der Waals surface area contributed by atoms with E-state index in [2.05, 4.69) is 9.46 Å². The standard InChI is InChI=1S/C13H17NO5S/c1-19-13(16)10-4-2-9(3-5-10)8-20(17,18)14-11-6-12(15)7-11/h2-5,11-12,14-15H,6-8H2,1H3. The second-order valence-electron chi connectivity index (χ2n) is 4.89. The van der Waals surface area contributed by atoms with Crippen LogP contribution in [-0.4, -0.2) is 38.7 Å². The number of hydrogen-bond acceptors (Lipinski definition) is 5. The summed E-state index contributed by atoms with van der Waals surface area (Å²) in [6.45, 7) is 0. The molecule has 0 bridgehead atoms. The number of carbonyl (C=O) groups is 1. The fraction of sp³-hybridized carbons (Fsp3) is 0.462. The van der Waals surface area contributed by atoms with Crippen LogP contribution in [-0.2, 0) is 20.5 Å². The maximum absolute atomic E-state index is 11.9. The van der Waals surface area contributed by atoms with Gasteiger partial charge in [0.1, 0.15) is 0 Å². The number of nitrogens with one attached hydrogen (secondary N) is 1. The molecule has 2 N–H and O–H groups in total. The molecule has 1 aliphatic carbocycles. The largest absolute Gasteiger partial charge is 0.465 e. The van der Waals surface area contributed by atoms with Gasteiger partial charge in [-0.1, -0.05) is 12.1 Å². The minimum atomic E-state index is -3.43. The molecule has 1 aliphatic rings. The Morgan fingerprint density at radius 3 is 2.45 bits per heavy atom. The third-order valence-electron chi connectivity index (χ3n) is 3.19. The van der Waals surface area contributed by atoms with Crippen LogP contribution >= 0.6 is 0 Å². The third kappa shape index (κ3) is 3.78. The average molecular weight is 299 g/mol. The Balaban J connectivity index is 1.96. The van der Waals surface area contributed by atoms with Crippen LogP contribution in [0.3, 0.4) is 0 Å². The predicted molar refractivity (Wildman–Crippen MR) is 72.6 cm³/mol. The van der Waals surface area contributed by atoms with Gasteiger partial charge in [0.05, 0.1) is 24.5 Å². The molecule has 0 amide bonds. The van der Waals surface area contributed by atoms with Gasteiger partial charge >= 0.3 is 5.97 Å². The van der Waals surface area contributed by atoms with Crippen LogP contribution in [0.1, 0.15) is 28.8 Å². The average Bonchev–Trinajstić information content (AvgIpc) is 2.36. The van der Waals surface area contributed by atoms with Crippen molar-refractivity contribution in [3.05, 3.63) is 35.4 Å². The van der Waals surface area contributed by atoms with Crippen molar-refractivity contribution in [1.82, 2.24) is 4.72 Å². The first-order valence-corrected chi connectivity index (χ1v) is 7.90. The summed E-state index contributed by atoms with van der Waals surface area (Å²) in [7, 11) is -2.14. The summed E-state index contributed by atoms with van der Waals surface area (Å²) in [5.74, 6) is -0.609. The highest BCUT2D eigenvalue weighted by atomic mass is 32.2. The maximum atomic E-state index is 11.9. The van der Waals surface area contributed by atoms with Crippen molar-refractivity contribution in [2.24, 2.45) is 0 Å². The quantitative estimate of drug-likeness (QED) is 0.769.